The molecular weight excluding hydrogens is 230 g/mol. The zero-order chi connectivity index (χ0) is 12.1. The minimum atomic E-state index is -0.471. The molecule has 0 atom stereocenters. The first-order valence-corrected chi connectivity index (χ1v) is 5.45. The van der Waals surface area contributed by atoms with Gasteiger partial charge in [-0.05, 0) is 18.4 Å². The summed E-state index contributed by atoms with van der Waals surface area (Å²) in [6, 6.07) is 4.31. The molecule has 4 nitrogen and oxygen atoms in total. The minimum absolute atomic E-state index is 0.0480. The Labute approximate surface area is 99.3 Å². The normalized spacial score (nSPS) is 10.5. The lowest BCUT2D eigenvalue weighted by atomic mass is 10.1. The first-order chi connectivity index (χ1) is 7.50. The highest BCUT2D eigenvalue weighted by Crippen LogP contribution is 2.30. The molecule has 0 aliphatic rings. The SMILES string of the molecule is CC(C)CCOc1cc(Cl)ccc1[N+](=O)[O-]. The summed E-state index contributed by atoms with van der Waals surface area (Å²) < 4.78 is 5.36. The Hall–Kier alpha value is -1.29. The lowest BCUT2D eigenvalue weighted by Crippen LogP contribution is -2.03. The number of ether oxygens (including phenoxy) is 1. The molecule has 0 N–H and O–H groups in total. The summed E-state index contributed by atoms with van der Waals surface area (Å²) in [6.45, 7) is 4.59. The highest BCUT2D eigenvalue weighted by Gasteiger charge is 2.15. The lowest BCUT2D eigenvalue weighted by molar-refractivity contribution is -0.385. The van der Waals surface area contributed by atoms with Gasteiger partial charge >= 0.3 is 5.69 Å². The molecule has 0 bridgehead atoms. The molecule has 0 aliphatic heterocycles. The summed E-state index contributed by atoms with van der Waals surface area (Å²) in [5, 5.41) is 11.1. The van der Waals surface area contributed by atoms with E-state index in [-0.39, 0.29) is 11.4 Å². The van der Waals surface area contributed by atoms with Gasteiger partial charge in [-0.15, -0.1) is 0 Å². The van der Waals surface area contributed by atoms with E-state index in [9.17, 15) is 10.1 Å². The molecule has 0 spiro atoms. The molecule has 1 aromatic carbocycles. The Balaban J connectivity index is 2.76. The monoisotopic (exact) mass is 243 g/mol. The maximum atomic E-state index is 10.7. The summed E-state index contributed by atoms with van der Waals surface area (Å²) in [4.78, 5) is 10.2. The van der Waals surface area contributed by atoms with E-state index in [0.717, 1.165) is 6.42 Å². The van der Waals surface area contributed by atoms with Crippen LogP contribution in [0.25, 0.3) is 0 Å². The van der Waals surface area contributed by atoms with Gasteiger partial charge in [-0.2, -0.15) is 0 Å². The Bertz CT molecular complexity index is 379. The van der Waals surface area contributed by atoms with Gasteiger partial charge in [0.1, 0.15) is 0 Å². The topological polar surface area (TPSA) is 52.4 Å². The summed E-state index contributed by atoms with van der Waals surface area (Å²) >= 11 is 5.76. The molecule has 88 valence electrons. The summed E-state index contributed by atoms with van der Waals surface area (Å²) in [7, 11) is 0. The van der Waals surface area contributed by atoms with E-state index in [2.05, 4.69) is 13.8 Å². The molecule has 0 unspecified atom stereocenters. The molecule has 16 heavy (non-hydrogen) atoms. The summed E-state index contributed by atoms with van der Waals surface area (Å²) in [5.74, 6) is 0.733. The van der Waals surface area contributed by atoms with Crippen molar-refractivity contribution in [3.63, 3.8) is 0 Å². The second-order valence-electron chi connectivity index (χ2n) is 3.90. The number of benzene rings is 1. The van der Waals surface area contributed by atoms with Gasteiger partial charge in [-0.3, -0.25) is 10.1 Å². The van der Waals surface area contributed by atoms with Crippen LogP contribution in [0.2, 0.25) is 5.02 Å². The van der Waals surface area contributed by atoms with Gasteiger partial charge in [0.05, 0.1) is 11.5 Å². The van der Waals surface area contributed by atoms with Crippen molar-refractivity contribution in [2.45, 2.75) is 20.3 Å². The fourth-order valence-electron chi connectivity index (χ4n) is 1.16. The van der Waals surface area contributed by atoms with Crippen LogP contribution in [0, 0.1) is 16.0 Å². The molecule has 0 saturated heterocycles. The number of nitrogens with zero attached hydrogens (tertiary/aromatic N) is 1. The van der Waals surface area contributed by atoms with Crippen LogP contribution in [0.4, 0.5) is 5.69 Å². The summed E-state index contributed by atoms with van der Waals surface area (Å²) in [6.07, 6.45) is 0.851. The van der Waals surface area contributed by atoms with Crippen LogP contribution in [0.15, 0.2) is 18.2 Å². The maximum absolute atomic E-state index is 10.7. The average molecular weight is 244 g/mol. The molecule has 0 radical (unpaired) electrons. The first kappa shape index (κ1) is 12.8. The number of hydrogen-bond acceptors (Lipinski definition) is 3. The predicted molar refractivity (Wildman–Crippen MR) is 63.1 cm³/mol. The van der Waals surface area contributed by atoms with Gasteiger partial charge in [-0.25, -0.2) is 0 Å². The van der Waals surface area contributed by atoms with Gasteiger partial charge < -0.3 is 4.74 Å². The Morgan fingerprint density at radius 2 is 2.19 bits per heavy atom. The van der Waals surface area contributed by atoms with Crippen molar-refractivity contribution in [3.05, 3.63) is 33.3 Å². The fourth-order valence-corrected chi connectivity index (χ4v) is 1.32. The largest absolute Gasteiger partial charge is 0.487 e. The lowest BCUT2D eigenvalue weighted by Gasteiger charge is -2.08. The van der Waals surface area contributed by atoms with Crippen molar-refractivity contribution in [1.29, 1.82) is 0 Å². The molecule has 0 aromatic heterocycles. The van der Waals surface area contributed by atoms with Crippen LogP contribution in [0.1, 0.15) is 20.3 Å². The number of hydrogen-bond donors (Lipinski definition) is 0. The third-order valence-electron chi connectivity index (χ3n) is 2.07. The Morgan fingerprint density at radius 1 is 1.50 bits per heavy atom. The number of nitro groups is 1. The smallest absolute Gasteiger partial charge is 0.311 e. The second-order valence-corrected chi connectivity index (χ2v) is 4.34. The predicted octanol–water partition coefficient (Wildman–Crippen LogP) is 3.67. The van der Waals surface area contributed by atoms with Crippen LogP contribution < -0.4 is 4.74 Å². The zero-order valence-electron chi connectivity index (χ0n) is 9.27. The van der Waals surface area contributed by atoms with E-state index >= 15 is 0 Å². The van der Waals surface area contributed by atoms with Gasteiger partial charge in [-0.1, -0.05) is 25.4 Å². The third kappa shape index (κ3) is 3.70. The quantitative estimate of drug-likeness (QED) is 0.586. The van der Waals surface area contributed by atoms with Crippen molar-refractivity contribution in [2.75, 3.05) is 6.61 Å². The zero-order valence-corrected chi connectivity index (χ0v) is 10.0. The van der Waals surface area contributed by atoms with E-state index in [4.69, 9.17) is 16.3 Å². The van der Waals surface area contributed by atoms with Crippen LogP contribution in [-0.2, 0) is 0 Å². The molecule has 5 heteroatoms. The van der Waals surface area contributed by atoms with E-state index in [0.29, 0.717) is 17.5 Å². The molecule has 0 amide bonds. The molecular formula is C11H14ClNO3. The number of nitro benzene ring substituents is 1. The van der Waals surface area contributed by atoms with Gasteiger partial charge in [0.25, 0.3) is 0 Å². The standard InChI is InChI=1S/C11H14ClNO3/c1-8(2)5-6-16-11-7-9(12)3-4-10(11)13(14)15/h3-4,7-8H,5-6H2,1-2H3. The Kier molecular flexibility index (Phi) is 4.55. The molecule has 1 rings (SSSR count). The van der Waals surface area contributed by atoms with E-state index in [1.165, 1.54) is 18.2 Å². The van der Waals surface area contributed by atoms with Crippen LogP contribution in [-0.4, -0.2) is 11.5 Å². The van der Waals surface area contributed by atoms with E-state index < -0.39 is 4.92 Å². The van der Waals surface area contributed by atoms with Gasteiger partial charge in [0, 0.05) is 17.2 Å². The second kappa shape index (κ2) is 5.70. The van der Waals surface area contributed by atoms with Crippen molar-refractivity contribution < 1.29 is 9.66 Å². The van der Waals surface area contributed by atoms with E-state index in [1.807, 2.05) is 0 Å². The molecule has 1 aromatic rings. The maximum Gasteiger partial charge on any atom is 0.311 e. The highest BCUT2D eigenvalue weighted by atomic mass is 35.5. The minimum Gasteiger partial charge on any atom is -0.487 e. The van der Waals surface area contributed by atoms with E-state index in [1.54, 1.807) is 0 Å². The van der Waals surface area contributed by atoms with Crippen molar-refractivity contribution in [3.8, 4) is 5.75 Å². The third-order valence-corrected chi connectivity index (χ3v) is 2.31. The molecule has 0 heterocycles. The molecule has 0 aliphatic carbocycles. The first-order valence-electron chi connectivity index (χ1n) is 5.07. The van der Waals surface area contributed by atoms with Gasteiger partial charge in [0.2, 0.25) is 0 Å². The van der Waals surface area contributed by atoms with Crippen molar-refractivity contribution in [1.82, 2.24) is 0 Å². The molecule has 0 fully saturated rings. The molecule has 0 saturated carbocycles. The van der Waals surface area contributed by atoms with Crippen molar-refractivity contribution >= 4 is 17.3 Å². The summed E-state index contributed by atoms with van der Waals surface area (Å²) in [5.41, 5.74) is -0.0480. The van der Waals surface area contributed by atoms with Crippen molar-refractivity contribution in [2.24, 2.45) is 5.92 Å². The fraction of sp³-hybridized carbons (Fsp3) is 0.455. The average Bonchev–Trinajstić information content (AvgIpc) is 2.16. The Morgan fingerprint density at radius 3 is 2.75 bits per heavy atom. The number of rotatable bonds is 5. The van der Waals surface area contributed by atoms with Crippen LogP contribution >= 0.6 is 11.6 Å². The van der Waals surface area contributed by atoms with Gasteiger partial charge in [0.15, 0.2) is 5.75 Å². The number of halogens is 1. The highest BCUT2D eigenvalue weighted by molar-refractivity contribution is 6.30. The van der Waals surface area contributed by atoms with Crippen LogP contribution in [0.3, 0.4) is 0 Å². The van der Waals surface area contributed by atoms with Crippen LogP contribution in [0.5, 0.6) is 5.75 Å².